The minimum absolute atomic E-state index is 0.249. The van der Waals surface area contributed by atoms with Crippen molar-refractivity contribution in [3.63, 3.8) is 0 Å². The number of anilines is 1. The first kappa shape index (κ1) is 18.9. The molecule has 0 aliphatic heterocycles. The van der Waals surface area contributed by atoms with Crippen molar-refractivity contribution in [2.75, 3.05) is 5.43 Å². The molecule has 3 aromatic rings. The lowest BCUT2D eigenvalue weighted by Gasteiger charge is -2.07. The van der Waals surface area contributed by atoms with Crippen molar-refractivity contribution in [1.29, 1.82) is 0 Å². The van der Waals surface area contributed by atoms with E-state index < -0.39 is 9.84 Å². The zero-order valence-electron chi connectivity index (χ0n) is 15.8. The molecule has 0 saturated heterocycles. The van der Waals surface area contributed by atoms with Gasteiger partial charge in [0.1, 0.15) is 11.5 Å². The van der Waals surface area contributed by atoms with Crippen molar-refractivity contribution in [2.24, 2.45) is 5.10 Å². The van der Waals surface area contributed by atoms with Gasteiger partial charge in [0.25, 0.3) is 0 Å². The lowest BCUT2D eigenvalue weighted by molar-refractivity contribution is 0.504. The van der Waals surface area contributed by atoms with Gasteiger partial charge in [-0.25, -0.2) is 8.42 Å². The van der Waals surface area contributed by atoms with Gasteiger partial charge >= 0.3 is 0 Å². The highest BCUT2D eigenvalue weighted by atomic mass is 32.2. The zero-order valence-corrected chi connectivity index (χ0v) is 16.6. The molecule has 0 radical (unpaired) electrons. The number of benzene rings is 2. The van der Waals surface area contributed by atoms with E-state index in [9.17, 15) is 8.42 Å². The molecule has 0 fully saturated rings. The van der Waals surface area contributed by atoms with Crippen LogP contribution in [-0.4, -0.2) is 14.1 Å². The number of rotatable bonds is 5. The van der Waals surface area contributed by atoms with Crippen LogP contribution in [0, 0.1) is 20.8 Å². The van der Waals surface area contributed by atoms with Crippen molar-refractivity contribution < 1.29 is 12.8 Å². The topological polar surface area (TPSA) is 71.7 Å². The summed E-state index contributed by atoms with van der Waals surface area (Å²) < 4.78 is 30.9. The van der Waals surface area contributed by atoms with Gasteiger partial charge in [-0.15, -0.1) is 0 Å². The minimum Gasteiger partial charge on any atom is -0.466 e. The van der Waals surface area contributed by atoms with Gasteiger partial charge in [0.05, 0.1) is 21.2 Å². The van der Waals surface area contributed by atoms with Crippen LogP contribution in [0.3, 0.4) is 0 Å². The van der Waals surface area contributed by atoms with Crippen LogP contribution < -0.4 is 5.43 Å². The molecule has 27 heavy (non-hydrogen) atoms. The lowest BCUT2D eigenvalue weighted by Crippen LogP contribution is -2.03. The monoisotopic (exact) mass is 382 g/mol. The van der Waals surface area contributed by atoms with Crippen LogP contribution in [0.1, 0.15) is 29.6 Å². The first-order valence-electron chi connectivity index (χ1n) is 8.57. The van der Waals surface area contributed by atoms with Gasteiger partial charge in [0.2, 0.25) is 9.84 Å². The lowest BCUT2D eigenvalue weighted by atomic mass is 10.2. The van der Waals surface area contributed by atoms with Crippen molar-refractivity contribution in [2.45, 2.75) is 37.5 Å². The van der Waals surface area contributed by atoms with Crippen LogP contribution in [0.15, 0.2) is 73.9 Å². The average Bonchev–Trinajstić information content (AvgIpc) is 2.99. The third kappa shape index (κ3) is 4.11. The Morgan fingerprint density at radius 1 is 0.926 bits per heavy atom. The number of hydrogen-bond donors (Lipinski definition) is 1. The summed E-state index contributed by atoms with van der Waals surface area (Å²) in [6.45, 7) is 7.60. The molecule has 2 aromatic carbocycles. The van der Waals surface area contributed by atoms with E-state index in [0.29, 0.717) is 5.69 Å². The summed E-state index contributed by atoms with van der Waals surface area (Å²) in [7, 11) is -3.53. The second kappa shape index (κ2) is 7.40. The largest absolute Gasteiger partial charge is 0.466 e. The molecular formula is C21H22N2O3S. The Kier molecular flexibility index (Phi) is 5.19. The van der Waals surface area contributed by atoms with E-state index in [1.54, 1.807) is 48.5 Å². The van der Waals surface area contributed by atoms with E-state index in [1.165, 1.54) is 0 Å². The molecule has 0 aliphatic carbocycles. The molecule has 6 heteroatoms. The van der Waals surface area contributed by atoms with Crippen molar-refractivity contribution >= 4 is 21.2 Å². The number of nitrogens with zero attached hydrogens (tertiary/aromatic N) is 1. The number of hydrogen-bond acceptors (Lipinski definition) is 5. The van der Waals surface area contributed by atoms with E-state index in [0.717, 1.165) is 28.4 Å². The standard InChI is InChI=1S/C21H22N2O3S/c1-14-5-9-19(10-6-14)27(24,25)20-11-7-18(8-12-20)23-22-16(3)21-13-15(2)26-17(21)4/h5-13,23H,1-4H3/b22-16-. The predicted molar refractivity (Wildman–Crippen MR) is 107 cm³/mol. The maximum absolute atomic E-state index is 12.7. The van der Waals surface area contributed by atoms with Gasteiger partial charge in [0, 0.05) is 5.56 Å². The van der Waals surface area contributed by atoms with E-state index in [4.69, 9.17) is 4.42 Å². The highest BCUT2D eigenvalue weighted by molar-refractivity contribution is 7.91. The van der Waals surface area contributed by atoms with Gasteiger partial charge < -0.3 is 4.42 Å². The summed E-state index contributed by atoms with van der Waals surface area (Å²) in [6.07, 6.45) is 0. The first-order chi connectivity index (χ1) is 12.8. The number of furan rings is 1. The second-order valence-electron chi connectivity index (χ2n) is 6.48. The molecule has 5 nitrogen and oxygen atoms in total. The number of hydrazone groups is 1. The minimum atomic E-state index is -3.53. The number of nitrogens with one attached hydrogen (secondary N) is 1. The van der Waals surface area contributed by atoms with Gasteiger partial charge in [-0.2, -0.15) is 5.10 Å². The molecule has 0 spiro atoms. The van der Waals surface area contributed by atoms with Gasteiger partial charge in [-0.1, -0.05) is 17.7 Å². The zero-order chi connectivity index (χ0) is 19.6. The first-order valence-corrected chi connectivity index (χ1v) is 10.1. The summed E-state index contributed by atoms with van der Waals surface area (Å²) in [5.41, 5.74) is 6.41. The summed E-state index contributed by atoms with van der Waals surface area (Å²) in [4.78, 5) is 0.535. The Labute approximate surface area is 159 Å². The molecule has 0 unspecified atom stereocenters. The maximum atomic E-state index is 12.7. The maximum Gasteiger partial charge on any atom is 0.206 e. The third-order valence-corrected chi connectivity index (χ3v) is 6.06. The molecule has 0 bridgehead atoms. The van der Waals surface area contributed by atoms with Crippen molar-refractivity contribution in [3.05, 3.63) is 77.2 Å². The molecule has 1 aromatic heterocycles. The van der Waals surface area contributed by atoms with Gasteiger partial charge in [0.15, 0.2) is 0 Å². The Morgan fingerprint density at radius 2 is 1.48 bits per heavy atom. The number of sulfone groups is 1. The van der Waals surface area contributed by atoms with E-state index in [2.05, 4.69) is 10.5 Å². The normalized spacial score (nSPS) is 12.2. The molecule has 1 heterocycles. The van der Waals surface area contributed by atoms with Crippen molar-refractivity contribution in [3.8, 4) is 0 Å². The Morgan fingerprint density at radius 3 is 2.00 bits per heavy atom. The van der Waals surface area contributed by atoms with Crippen LogP contribution in [0.5, 0.6) is 0 Å². The van der Waals surface area contributed by atoms with Gasteiger partial charge in [-0.3, -0.25) is 5.43 Å². The van der Waals surface area contributed by atoms with Crippen LogP contribution >= 0.6 is 0 Å². The molecule has 3 rings (SSSR count). The average molecular weight is 382 g/mol. The second-order valence-corrected chi connectivity index (χ2v) is 8.43. The summed E-state index contributed by atoms with van der Waals surface area (Å²) in [5, 5.41) is 4.36. The van der Waals surface area contributed by atoms with Crippen LogP contribution in [0.25, 0.3) is 0 Å². The molecule has 1 N–H and O–H groups in total. The van der Waals surface area contributed by atoms with Crippen molar-refractivity contribution in [1.82, 2.24) is 0 Å². The fraction of sp³-hybridized carbons (Fsp3) is 0.190. The molecule has 0 atom stereocenters. The molecule has 0 amide bonds. The summed E-state index contributed by atoms with van der Waals surface area (Å²) >= 11 is 0. The summed E-state index contributed by atoms with van der Waals surface area (Å²) in [5.74, 6) is 1.65. The molecule has 0 aliphatic rings. The Balaban J connectivity index is 1.78. The van der Waals surface area contributed by atoms with Gasteiger partial charge in [-0.05, 0) is 70.2 Å². The Hall–Kier alpha value is -2.86. The quantitative estimate of drug-likeness (QED) is 0.504. The highest BCUT2D eigenvalue weighted by Gasteiger charge is 2.17. The molecule has 140 valence electrons. The van der Waals surface area contributed by atoms with E-state index in [1.807, 2.05) is 33.8 Å². The van der Waals surface area contributed by atoms with Crippen LogP contribution in [0.2, 0.25) is 0 Å². The van der Waals surface area contributed by atoms with Crippen LogP contribution in [0.4, 0.5) is 5.69 Å². The van der Waals surface area contributed by atoms with E-state index in [-0.39, 0.29) is 9.79 Å². The smallest absolute Gasteiger partial charge is 0.206 e. The SMILES string of the molecule is C/C(=N/Nc1ccc(S(=O)(=O)c2ccc(C)cc2)cc1)c1cc(C)oc1C. The highest BCUT2D eigenvalue weighted by Crippen LogP contribution is 2.23. The molecular weight excluding hydrogens is 360 g/mol. The Bertz CT molecular complexity index is 1080. The van der Waals surface area contributed by atoms with Crippen LogP contribution in [-0.2, 0) is 9.84 Å². The number of aryl methyl sites for hydroxylation is 3. The summed E-state index contributed by atoms with van der Waals surface area (Å²) in [6, 6.07) is 15.3. The fourth-order valence-corrected chi connectivity index (χ4v) is 4.02. The van der Waals surface area contributed by atoms with E-state index >= 15 is 0 Å². The third-order valence-electron chi connectivity index (χ3n) is 4.28. The molecule has 0 saturated carbocycles. The predicted octanol–water partition coefficient (Wildman–Crippen LogP) is 4.87. The fourth-order valence-electron chi connectivity index (χ4n) is 2.76.